The quantitative estimate of drug-likeness (QED) is 0.507. The van der Waals surface area contributed by atoms with E-state index in [2.05, 4.69) is 15.5 Å². The van der Waals surface area contributed by atoms with Gasteiger partial charge in [-0.2, -0.15) is 0 Å². The average molecular weight is 447 g/mol. The van der Waals surface area contributed by atoms with Crippen LogP contribution in [0.15, 0.2) is 47.6 Å². The van der Waals surface area contributed by atoms with Gasteiger partial charge in [0.15, 0.2) is 17.1 Å². The lowest BCUT2D eigenvalue weighted by Gasteiger charge is -2.16. The highest BCUT2D eigenvalue weighted by Gasteiger charge is 2.19. The van der Waals surface area contributed by atoms with Crippen molar-refractivity contribution in [2.24, 2.45) is 7.05 Å². The molecule has 1 heterocycles. The number of halogens is 1. The van der Waals surface area contributed by atoms with Crippen LogP contribution in [-0.2, 0) is 11.8 Å². The Labute approximate surface area is 184 Å². The number of carbonyl (C=O) groups is 1. The van der Waals surface area contributed by atoms with Gasteiger partial charge in [0, 0.05) is 23.8 Å². The summed E-state index contributed by atoms with van der Waals surface area (Å²) in [7, 11) is 3.44. The number of hydrogen-bond donors (Lipinski definition) is 1. The number of methoxy groups -OCH3 is 1. The molecule has 0 aliphatic carbocycles. The first-order valence-corrected chi connectivity index (χ1v) is 10.6. The van der Waals surface area contributed by atoms with Crippen LogP contribution >= 0.6 is 23.4 Å². The number of aromatic nitrogens is 3. The third-order valence-electron chi connectivity index (χ3n) is 4.36. The Morgan fingerprint density at radius 3 is 2.80 bits per heavy atom. The molecule has 0 saturated heterocycles. The number of ether oxygens (including phenoxy) is 2. The lowest BCUT2D eigenvalue weighted by molar-refractivity contribution is -0.113. The third kappa shape index (κ3) is 5.46. The van der Waals surface area contributed by atoms with E-state index in [1.165, 1.54) is 11.8 Å². The van der Waals surface area contributed by atoms with Crippen LogP contribution in [0.2, 0.25) is 5.02 Å². The van der Waals surface area contributed by atoms with Gasteiger partial charge < -0.3 is 19.4 Å². The number of nitrogens with one attached hydrogen (secondary N) is 1. The minimum Gasteiger partial charge on any atom is -0.497 e. The molecule has 9 heteroatoms. The van der Waals surface area contributed by atoms with E-state index >= 15 is 0 Å². The van der Waals surface area contributed by atoms with Crippen LogP contribution in [0.5, 0.6) is 11.5 Å². The molecule has 0 fully saturated rings. The Balaban J connectivity index is 1.59. The number of rotatable bonds is 8. The highest BCUT2D eigenvalue weighted by atomic mass is 35.5. The number of hydrogen-bond acceptors (Lipinski definition) is 6. The van der Waals surface area contributed by atoms with Crippen LogP contribution in [0.4, 0.5) is 5.69 Å². The zero-order chi connectivity index (χ0) is 21.7. The zero-order valence-electron chi connectivity index (χ0n) is 17.2. The van der Waals surface area contributed by atoms with E-state index in [4.69, 9.17) is 21.1 Å². The summed E-state index contributed by atoms with van der Waals surface area (Å²) in [6, 6.07) is 12.7. The fraction of sp³-hybridized carbons (Fsp3) is 0.286. The van der Waals surface area contributed by atoms with E-state index in [0.29, 0.717) is 27.4 Å². The lowest BCUT2D eigenvalue weighted by atomic mass is 10.2. The van der Waals surface area contributed by atoms with E-state index in [1.807, 2.05) is 55.8 Å². The van der Waals surface area contributed by atoms with Crippen LogP contribution in [-0.4, -0.2) is 33.5 Å². The van der Waals surface area contributed by atoms with Crippen LogP contribution in [0.25, 0.3) is 0 Å². The molecule has 2 aromatic carbocycles. The van der Waals surface area contributed by atoms with E-state index in [-0.39, 0.29) is 17.8 Å². The second-order valence-electron chi connectivity index (χ2n) is 6.64. The first-order chi connectivity index (χ1) is 14.4. The maximum Gasteiger partial charge on any atom is 0.234 e. The van der Waals surface area contributed by atoms with Crippen LogP contribution in [0, 0.1) is 6.92 Å². The van der Waals surface area contributed by atoms with Gasteiger partial charge >= 0.3 is 0 Å². The molecule has 0 radical (unpaired) electrons. The largest absolute Gasteiger partial charge is 0.497 e. The summed E-state index contributed by atoms with van der Waals surface area (Å²) < 4.78 is 13.0. The highest BCUT2D eigenvalue weighted by Crippen LogP contribution is 2.28. The third-order valence-corrected chi connectivity index (χ3v) is 5.61. The van der Waals surface area contributed by atoms with Crippen molar-refractivity contribution in [2.45, 2.75) is 25.1 Å². The van der Waals surface area contributed by atoms with Crippen LogP contribution in [0.3, 0.4) is 0 Å². The SMILES string of the molecule is COc1cccc(NC(=O)CSc2nnc(C(C)Oc3ccc(Cl)cc3C)n2C)c1. The molecule has 0 aliphatic heterocycles. The molecule has 0 spiro atoms. The fourth-order valence-electron chi connectivity index (χ4n) is 2.82. The minimum atomic E-state index is -0.317. The standard InChI is InChI=1S/C21H23ClN4O3S/c1-13-10-15(22)8-9-18(13)29-14(2)20-24-25-21(26(20)3)30-12-19(27)23-16-6-5-7-17(11-16)28-4/h5-11,14H,12H2,1-4H3,(H,23,27). The molecule has 0 saturated carbocycles. The van der Waals surface area contributed by atoms with E-state index in [0.717, 1.165) is 11.3 Å². The number of nitrogens with zero attached hydrogens (tertiary/aromatic N) is 3. The van der Waals surface area contributed by atoms with Crippen molar-refractivity contribution in [3.8, 4) is 11.5 Å². The topological polar surface area (TPSA) is 78.3 Å². The maximum absolute atomic E-state index is 12.3. The first kappa shape index (κ1) is 22.0. The normalized spacial score (nSPS) is 11.8. The molecular weight excluding hydrogens is 424 g/mol. The number of thioether (sulfide) groups is 1. The van der Waals surface area contributed by atoms with Crippen molar-refractivity contribution < 1.29 is 14.3 Å². The van der Waals surface area contributed by atoms with Crippen molar-refractivity contribution in [3.05, 3.63) is 58.9 Å². The van der Waals surface area contributed by atoms with Crippen molar-refractivity contribution in [2.75, 3.05) is 18.2 Å². The molecule has 0 bridgehead atoms. The van der Waals surface area contributed by atoms with Gasteiger partial charge in [-0.3, -0.25) is 4.79 Å². The maximum atomic E-state index is 12.3. The molecule has 1 aromatic heterocycles. The Hall–Kier alpha value is -2.71. The van der Waals surface area contributed by atoms with Gasteiger partial charge in [-0.25, -0.2) is 0 Å². The molecule has 3 rings (SSSR count). The van der Waals surface area contributed by atoms with Crippen molar-refractivity contribution in [1.29, 1.82) is 0 Å². The molecule has 158 valence electrons. The summed E-state index contributed by atoms with van der Waals surface area (Å²) in [5.41, 5.74) is 1.62. The molecule has 1 N–H and O–H groups in total. The predicted molar refractivity (Wildman–Crippen MR) is 119 cm³/mol. The Morgan fingerprint density at radius 1 is 1.27 bits per heavy atom. The molecule has 1 unspecified atom stereocenters. The van der Waals surface area contributed by atoms with Crippen LogP contribution in [0.1, 0.15) is 24.4 Å². The average Bonchev–Trinajstić information content (AvgIpc) is 3.09. The molecule has 0 aliphatic rings. The summed E-state index contributed by atoms with van der Waals surface area (Å²) in [6.07, 6.45) is -0.317. The molecule has 3 aromatic rings. The molecule has 1 atom stereocenters. The number of aryl methyl sites for hydroxylation is 1. The molecule has 7 nitrogen and oxygen atoms in total. The number of amides is 1. The van der Waals surface area contributed by atoms with Gasteiger partial charge in [-0.15, -0.1) is 10.2 Å². The van der Waals surface area contributed by atoms with E-state index in [1.54, 1.807) is 19.2 Å². The summed E-state index contributed by atoms with van der Waals surface area (Å²) in [5.74, 6) is 2.15. The van der Waals surface area contributed by atoms with Gasteiger partial charge in [-0.1, -0.05) is 29.4 Å². The van der Waals surface area contributed by atoms with Gasteiger partial charge in [0.1, 0.15) is 11.5 Å². The monoisotopic (exact) mass is 446 g/mol. The summed E-state index contributed by atoms with van der Waals surface area (Å²) in [5, 5.41) is 12.6. The summed E-state index contributed by atoms with van der Waals surface area (Å²) in [4.78, 5) is 12.3. The van der Waals surface area contributed by atoms with Gasteiger partial charge in [0.05, 0.1) is 12.9 Å². The Morgan fingerprint density at radius 2 is 2.07 bits per heavy atom. The summed E-state index contributed by atoms with van der Waals surface area (Å²) >= 11 is 7.31. The van der Waals surface area contributed by atoms with Gasteiger partial charge in [0.2, 0.25) is 5.91 Å². The van der Waals surface area contributed by atoms with E-state index < -0.39 is 0 Å². The molecular formula is C21H23ClN4O3S. The molecule has 30 heavy (non-hydrogen) atoms. The second-order valence-corrected chi connectivity index (χ2v) is 8.02. The summed E-state index contributed by atoms with van der Waals surface area (Å²) in [6.45, 7) is 3.84. The first-order valence-electron chi connectivity index (χ1n) is 9.26. The molecule has 1 amide bonds. The highest BCUT2D eigenvalue weighted by molar-refractivity contribution is 7.99. The second kappa shape index (κ2) is 9.86. The predicted octanol–water partition coefficient (Wildman–Crippen LogP) is 4.66. The lowest BCUT2D eigenvalue weighted by Crippen LogP contribution is -2.15. The van der Waals surface area contributed by atoms with Gasteiger partial charge in [0.25, 0.3) is 0 Å². The zero-order valence-corrected chi connectivity index (χ0v) is 18.8. The van der Waals surface area contributed by atoms with Crippen molar-refractivity contribution in [1.82, 2.24) is 14.8 Å². The van der Waals surface area contributed by atoms with Crippen molar-refractivity contribution >= 4 is 35.0 Å². The van der Waals surface area contributed by atoms with Gasteiger partial charge in [-0.05, 0) is 49.7 Å². The Bertz CT molecular complexity index is 1040. The Kier molecular flexibility index (Phi) is 7.23. The number of anilines is 1. The van der Waals surface area contributed by atoms with Crippen molar-refractivity contribution in [3.63, 3.8) is 0 Å². The van der Waals surface area contributed by atoms with E-state index in [9.17, 15) is 4.79 Å². The van der Waals surface area contributed by atoms with Crippen LogP contribution < -0.4 is 14.8 Å². The number of carbonyl (C=O) groups excluding carboxylic acids is 1. The number of benzene rings is 2. The minimum absolute atomic E-state index is 0.140. The fourth-order valence-corrected chi connectivity index (χ4v) is 3.77. The smallest absolute Gasteiger partial charge is 0.234 e.